The number of aryl methyl sites for hydroxylation is 1. The van der Waals surface area contributed by atoms with E-state index in [-0.39, 0.29) is 0 Å². The van der Waals surface area contributed by atoms with Crippen LogP contribution < -0.4 is 0 Å². The summed E-state index contributed by atoms with van der Waals surface area (Å²) in [7, 11) is 0. The van der Waals surface area contributed by atoms with Gasteiger partial charge < -0.3 is 0 Å². The molecule has 90 valence electrons. The standard InChI is InChI=1S/C16H26/c1-12(2)10-15(11-13(3)4)16-9-7-6-8-14(16)5/h6-9,12-13,15H,10-11H2,1-5H3. The summed E-state index contributed by atoms with van der Waals surface area (Å²) < 4.78 is 0. The van der Waals surface area contributed by atoms with Crippen molar-refractivity contribution in [3.8, 4) is 0 Å². The van der Waals surface area contributed by atoms with E-state index in [1.54, 1.807) is 5.56 Å². The fourth-order valence-corrected chi connectivity index (χ4v) is 2.53. The van der Waals surface area contributed by atoms with E-state index in [0.717, 1.165) is 17.8 Å². The van der Waals surface area contributed by atoms with Crippen LogP contribution in [0.5, 0.6) is 0 Å². The average Bonchev–Trinajstić information content (AvgIpc) is 2.15. The molecule has 0 amide bonds. The summed E-state index contributed by atoms with van der Waals surface area (Å²) in [6.07, 6.45) is 2.62. The van der Waals surface area contributed by atoms with E-state index in [1.807, 2.05) is 0 Å². The molecule has 0 bridgehead atoms. The molecule has 0 aliphatic heterocycles. The van der Waals surface area contributed by atoms with Crippen LogP contribution in [-0.2, 0) is 0 Å². The molecule has 1 aromatic rings. The minimum atomic E-state index is 0.737. The van der Waals surface area contributed by atoms with Crippen molar-refractivity contribution >= 4 is 0 Å². The lowest BCUT2D eigenvalue weighted by Crippen LogP contribution is -2.08. The summed E-state index contributed by atoms with van der Waals surface area (Å²) in [5.74, 6) is 2.30. The Balaban J connectivity index is 2.87. The molecule has 1 aromatic carbocycles. The monoisotopic (exact) mass is 218 g/mol. The number of benzene rings is 1. The van der Waals surface area contributed by atoms with E-state index in [1.165, 1.54) is 18.4 Å². The Morgan fingerprint density at radius 2 is 1.38 bits per heavy atom. The maximum absolute atomic E-state index is 2.33. The minimum Gasteiger partial charge on any atom is -0.0628 e. The molecule has 1 rings (SSSR count). The van der Waals surface area contributed by atoms with Gasteiger partial charge in [0.05, 0.1) is 0 Å². The average molecular weight is 218 g/mol. The SMILES string of the molecule is Cc1ccccc1C(CC(C)C)CC(C)C. The second-order valence-electron chi connectivity index (χ2n) is 5.81. The molecular formula is C16H26. The van der Waals surface area contributed by atoms with Gasteiger partial charge in [0.1, 0.15) is 0 Å². The molecule has 0 heterocycles. The summed E-state index contributed by atoms with van der Waals surface area (Å²) in [6.45, 7) is 11.5. The fourth-order valence-electron chi connectivity index (χ4n) is 2.53. The van der Waals surface area contributed by atoms with E-state index in [2.05, 4.69) is 58.9 Å². The van der Waals surface area contributed by atoms with Crippen molar-refractivity contribution in [3.63, 3.8) is 0 Å². The van der Waals surface area contributed by atoms with Crippen molar-refractivity contribution in [2.24, 2.45) is 11.8 Å². The molecule has 0 aromatic heterocycles. The van der Waals surface area contributed by atoms with Gasteiger partial charge in [0, 0.05) is 0 Å². The molecule has 0 N–H and O–H groups in total. The van der Waals surface area contributed by atoms with Gasteiger partial charge in [0.2, 0.25) is 0 Å². The van der Waals surface area contributed by atoms with Gasteiger partial charge in [0.15, 0.2) is 0 Å². The normalized spacial score (nSPS) is 11.8. The van der Waals surface area contributed by atoms with Crippen LogP contribution in [0, 0.1) is 18.8 Å². The van der Waals surface area contributed by atoms with Crippen LogP contribution in [0.15, 0.2) is 24.3 Å². The van der Waals surface area contributed by atoms with Gasteiger partial charge in [-0.25, -0.2) is 0 Å². The summed E-state index contributed by atoms with van der Waals surface area (Å²) >= 11 is 0. The van der Waals surface area contributed by atoms with Crippen LogP contribution in [0.2, 0.25) is 0 Å². The molecule has 0 spiro atoms. The van der Waals surface area contributed by atoms with Crippen molar-refractivity contribution in [2.45, 2.75) is 53.4 Å². The maximum atomic E-state index is 2.33. The van der Waals surface area contributed by atoms with Gasteiger partial charge in [-0.1, -0.05) is 52.0 Å². The largest absolute Gasteiger partial charge is 0.0628 e. The van der Waals surface area contributed by atoms with E-state index < -0.39 is 0 Å². The smallest absolute Gasteiger partial charge is 0.0154 e. The topological polar surface area (TPSA) is 0 Å². The Morgan fingerprint density at radius 3 is 1.81 bits per heavy atom. The molecule has 0 aliphatic rings. The van der Waals surface area contributed by atoms with Gasteiger partial charge in [-0.2, -0.15) is 0 Å². The predicted molar refractivity (Wildman–Crippen MR) is 72.8 cm³/mol. The molecule has 16 heavy (non-hydrogen) atoms. The zero-order chi connectivity index (χ0) is 12.1. The first-order chi connectivity index (χ1) is 7.50. The Morgan fingerprint density at radius 1 is 0.875 bits per heavy atom. The zero-order valence-electron chi connectivity index (χ0n) is 11.5. The highest BCUT2D eigenvalue weighted by Crippen LogP contribution is 2.31. The van der Waals surface area contributed by atoms with Crippen LogP contribution >= 0.6 is 0 Å². The zero-order valence-corrected chi connectivity index (χ0v) is 11.5. The molecule has 0 aliphatic carbocycles. The van der Waals surface area contributed by atoms with Crippen LogP contribution in [-0.4, -0.2) is 0 Å². The van der Waals surface area contributed by atoms with E-state index in [9.17, 15) is 0 Å². The Labute approximate surface area is 101 Å². The second-order valence-corrected chi connectivity index (χ2v) is 5.81. The van der Waals surface area contributed by atoms with E-state index in [0.29, 0.717) is 0 Å². The highest BCUT2D eigenvalue weighted by Gasteiger charge is 2.16. The van der Waals surface area contributed by atoms with Gasteiger partial charge in [-0.3, -0.25) is 0 Å². The second kappa shape index (κ2) is 6.08. The lowest BCUT2D eigenvalue weighted by atomic mass is 9.82. The van der Waals surface area contributed by atoms with Crippen molar-refractivity contribution in [1.29, 1.82) is 0 Å². The molecule has 0 unspecified atom stereocenters. The summed E-state index contributed by atoms with van der Waals surface area (Å²) in [5, 5.41) is 0. The van der Waals surface area contributed by atoms with E-state index >= 15 is 0 Å². The van der Waals surface area contributed by atoms with Crippen molar-refractivity contribution in [3.05, 3.63) is 35.4 Å². The molecule has 0 heteroatoms. The third-order valence-electron chi connectivity index (χ3n) is 3.14. The quantitative estimate of drug-likeness (QED) is 0.639. The highest BCUT2D eigenvalue weighted by molar-refractivity contribution is 5.29. The van der Waals surface area contributed by atoms with Crippen LogP contribution in [0.1, 0.15) is 57.6 Å². The first-order valence-corrected chi connectivity index (χ1v) is 6.56. The Bertz CT molecular complexity index is 300. The minimum absolute atomic E-state index is 0.737. The highest BCUT2D eigenvalue weighted by atomic mass is 14.2. The molecular weight excluding hydrogens is 192 g/mol. The van der Waals surface area contributed by atoms with Crippen LogP contribution in [0.3, 0.4) is 0 Å². The lowest BCUT2D eigenvalue weighted by Gasteiger charge is -2.23. The first-order valence-electron chi connectivity index (χ1n) is 6.56. The number of rotatable bonds is 5. The summed E-state index contributed by atoms with van der Waals surface area (Å²) in [6, 6.07) is 8.87. The summed E-state index contributed by atoms with van der Waals surface area (Å²) in [4.78, 5) is 0. The third kappa shape index (κ3) is 4.00. The van der Waals surface area contributed by atoms with Crippen molar-refractivity contribution < 1.29 is 0 Å². The van der Waals surface area contributed by atoms with E-state index in [4.69, 9.17) is 0 Å². The first kappa shape index (κ1) is 13.3. The maximum Gasteiger partial charge on any atom is -0.0154 e. The molecule has 0 nitrogen and oxygen atoms in total. The van der Waals surface area contributed by atoms with Crippen LogP contribution in [0.4, 0.5) is 0 Å². The van der Waals surface area contributed by atoms with Gasteiger partial charge in [-0.15, -0.1) is 0 Å². The van der Waals surface area contributed by atoms with Gasteiger partial charge >= 0.3 is 0 Å². The lowest BCUT2D eigenvalue weighted by molar-refractivity contribution is 0.422. The molecule has 0 saturated heterocycles. The Hall–Kier alpha value is -0.780. The van der Waals surface area contributed by atoms with Gasteiger partial charge in [0.25, 0.3) is 0 Å². The van der Waals surface area contributed by atoms with Gasteiger partial charge in [-0.05, 0) is 48.6 Å². The summed E-state index contributed by atoms with van der Waals surface area (Å²) in [5.41, 5.74) is 3.01. The predicted octanol–water partition coefficient (Wildman–Crippen LogP) is 5.17. The number of hydrogen-bond acceptors (Lipinski definition) is 0. The molecule has 0 radical (unpaired) electrons. The third-order valence-corrected chi connectivity index (χ3v) is 3.14. The molecule has 0 atom stereocenters. The van der Waals surface area contributed by atoms with Crippen molar-refractivity contribution in [2.75, 3.05) is 0 Å². The number of hydrogen-bond donors (Lipinski definition) is 0. The Kier molecular flexibility index (Phi) is 5.05. The van der Waals surface area contributed by atoms with Crippen molar-refractivity contribution in [1.82, 2.24) is 0 Å². The molecule has 0 saturated carbocycles. The fraction of sp³-hybridized carbons (Fsp3) is 0.625. The molecule has 0 fully saturated rings. The van der Waals surface area contributed by atoms with Crippen LogP contribution in [0.25, 0.3) is 0 Å².